The Morgan fingerprint density at radius 2 is 2.12 bits per heavy atom. The SMILES string of the molecule is C[NH2+]c1ncc(-c2cnn(C)c2)nc1N(N)Cc1ccn2ncnc2c1. The molecule has 0 saturated carbocycles. The molecule has 0 spiro atoms. The molecule has 0 aliphatic heterocycles. The molecule has 0 bridgehead atoms. The molecule has 0 aliphatic carbocycles. The first-order chi connectivity index (χ1) is 12.6. The highest BCUT2D eigenvalue weighted by molar-refractivity contribution is 5.62. The first kappa shape index (κ1) is 16.1. The smallest absolute Gasteiger partial charge is 0.269 e. The van der Waals surface area contributed by atoms with Crippen molar-refractivity contribution >= 4 is 17.3 Å². The van der Waals surface area contributed by atoms with Crippen LogP contribution in [0, 0.1) is 0 Å². The first-order valence-corrected chi connectivity index (χ1v) is 8.10. The number of fused-ring (bicyclic) bond motifs is 1. The van der Waals surface area contributed by atoms with Crippen LogP contribution in [0.1, 0.15) is 5.56 Å². The average molecular weight is 351 g/mol. The molecule has 4 aromatic rings. The Balaban J connectivity index is 1.65. The zero-order chi connectivity index (χ0) is 18.1. The maximum Gasteiger partial charge on any atom is 0.269 e. The molecule has 4 N–H and O–H groups in total. The van der Waals surface area contributed by atoms with Crippen LogP contribution in [0.3, 0.4) is 0 Å². The van der Waals surface area contributed by atoms with Crippen molar-refractivity contribution in [2.24, 2.45) is 12.9 Å². The van der Waals surface area contributed by atoms with Gasteiger partial charge in [-0.05, 0) is 17.7 Å². The standard InChI is InChI=1S/C16H18N10/c1-18-15-16(23-13(7-19-15)12-6-21-24(2)9-12)25(17)8-11-3-4-26-14(5-11)20-10-22-26/h3-7,9-10H,8,17H2,1-2H3,(H,18,19)/p+1. The number of hydrazine groups is 1. The van der Waals surface area contributed by atoms with Crippen LogP contribution in [0.25, 0.3) is 16.9 Å². The van der Waals surface area contributed by atoms with Gasteiger partial charge in [0.1, 0.15) is 6.33 Å². The van der Waals surface area contributed by atoms with Gasteiger partial charge < -0.3 is 0 Å². The molecule has 0 amide bonds. The molecule has 0 fully saturated rings. The van der Waals surface area contributed by atoms with Crippen LogP contribution >= 0.6 is 0 Å². The number of rotatable bonds is 5. The third-order valence-electron chi connectivity index (χ3n) is 4.03. The Morgan fingerprint density at radius 1 is 1.23 bits per heavy atom. The zero-order valence-electron chi connectivity index (χ0n) is 14.5. The van der Waals surface area contributed by atoms with Gasteiger partial charge in [-0.15, -0.1) is 0 Å². The van der Waals surface area contributed by atoms with E-state index in [9.17, 15) is 0 Å². The molecule has 0 aromatic carbocycles. The van der Waals surface area contributed by atoms with Gasteiger partial charge in [0.05, 0.1) is 31.7 Å². The predicted molar refractivity (Wildman–Crippen MR) is 95.1 cm³/mol. The molecule has 0 unspecified atom stereocenters. The predicted octanol–water partition coefficient (Wildman–Crippen LogP) is -0.375. The van der Waals surface area contributed by atoms with E-state index < -0.39 is 0 Å². The lowest BCUT2D eigenvalue weighted by molar-refractivity contribution is -0.542. The second-order valence-electron chi connectivity index (χ2n) is 5.88. The minimum absolute atomic E-state index is 0.468. The molecule has 0 saturated heterocycles. The van der Waals surface area contributed by atoms with Gasteiger partial charge in [0.15, 0.2) is 5.65 Å². The fourth-order valence-electron chi connectivity index (χ4n) is 2.72. The van der Waals surface area contributed by atoms with E-state index in [-0.39, 0.29) is 0 Å². The fraction of sp³-hybridized carbons (Fsp3) is 0.188. The summed E-state index contributed by atoms with van der Waals surface area (Å²) in [5.74, 6) is 7.65. The van der Waals surface area contributed by atoms with Crippen LogP contribution in [0.2, 0.25) is 0 Å². The van der Waals surface area contributed by atoms with Gasteiger partial charge in [-0.3, -0.25) is 15.0 Å². The molecule has 26 heavy (non-hydrogen) atoms. The summed E-state index contributed by atoms with van der Waals surface area (Å²) in [5.41, 5.74) is 3.39. The summed E-state index contributed by atoms with van der Waals surface area (Å²) in [6, 6.07) is 3.90. The quantitative estimate of drug-likeness (QED) is 0.372. The lowest BCUT2D eigenvalue weighted by atomic mass is 10.2. The maximum absolute atomic E-state index is 6.32. The van der Waals surface area contributed by atoms with Gasteiger partial charge in [0.25, 0.3) is 5.82 Å². The lowest BCUT2D eigenvalue weighted by Gasteiger charge is -2.18. The minimum Gasteiger partial charge on any atom is -0.296 e. The van der Waals surface area contributed by atoms with Crippen molar-refractivity contribution in [3.63, 3.8) is 0 Å². The summed E-state index contributed by atoms with van der Waals surface area (Å²) in [6.45, 7) is 0.468. The number of aryl methyl sites for hydroxylation is 1. The summed E-state index contributed by atoms with van der Waals surface area (Å²) in [4.78, 5) is 13.4. The number of quaternary nitrogens is 1. The third-order valence-corrected chi connectivity index (χ3v) is 4.03. The average Bonchev–Trinajstić information content (AvgIpc) is 3.29. The van der Waals surface area contributed by atoms with E-state index in [0.29, 0.717) is 12.4 Å². The lowest BCUT2D eigenvalue weighted by Crippen LogP contribution is -2.73. The van der Waals surface area contributed by atoms with Crippen LogP contribution in [-0.4, -0.2) is 41.4 Å². The van der Waals surface area contributed by atoms with Gasteiger partial charge in [0, 0.05) is 25.0 Å². The summed E-state index contributed by atoms with van der Waals surface area (Å²) < 4.78 is 3.43. The molecule has 0 atom stereocenters. The molecule has 10 heteroatoms. The van der Waals surface area contributed by atoms with Crippen LogP contribution in [0.4, 0.5) is 11.6 Å². The molecular weight excluding hydrogens is 332 g/mol. The summed E-state index contributed by atoms with van der Waals surface area (Å²) in [5, 5.41) is 11.8. The third kappa shape index (κ3) is 2.98. The number of aromatic nitrogens is 7. The Hall–Kier alpha value is -3.37. The first-order valence-electron chi connectivity index (χ1n) is 8.10. The molecule has 132 valence electrons. The Bertz CT molecular complexity index is 1050. The monoisotopic (exact) mass is 351 g/mol. The van der Waals surface area contributed by atoms with Crippen LogP contribution in [0.5, 0.6) is 0 Å². The molecule has 0 radical (unpaired) electrons. The second kappa shape index (κ2) is 6.50. The van der Waals surface area contributed by atoms with E-state index in [1.807, 2.05) is 43.9 Å². The highest BCUT2D eigenvalue weighted by Gasteiger charge is 2.17. The Morgan fingerprint density at radius 3 is 2.88 bits per heavy atom. The van der Waals surface area contributed by atoms with Gasteiger partial charge in [0.2, 0.25) is 5.82 Å². The van der Waals surface area contributed by atoms with Gasteiger partial charge in [-0.1, -0.05) is 0 Å². The van der Waals surface area contributed by atoms with Crippen molar-refractivity contribution in [3.8, 4) is 11.3 Å². The molecule has 0 aliphatic rings. The number of hydrogen-bond donors (Lipinski definition) is 2. The molecule has 4 heterocycles. The van der Waals surface area contributed by atoms with Crippen LogP contribution in [-0.2, 0) is 13.6 Å². The van der Waals surface area contributed by atoms with E-state index in [1.54, 1.807) is 26.6 Å². The summed E-state index contributed by atoms with van der Waals surface area (Å²) in [6.07, 6.45) is 8.75. The number of nitrogens with two attached hydrogens (primary N) is 2. The highest BCUT2D eigenvalue weighted by atomic mass is 15.4. The Kier molecular flexibility index (Phi) is 4.03. The second-order valence-corrected chi connectivity index (χ2v) is 5.88. The molecular formula is C16H19N10+. The van der Waals surface area contributed by atoms with Crippen molar-refractivity contribution in [1.29, 1.82) is 0 Å². The summed E-state index contributed by atoms with van der Waals surface area (Å²) >= 11 is 0. The number of pyridine rings is 1. The van der Waals surface area contributed by atoms with Crippen molar-refractivity contribution in [2.75, 3.05) is 12.1 Å². The minimum atomic E-state index is 0.468. The maximum atomic E-state index is 6.32. The van der Waals surface area contributed by atoms with E-state index in [0.717, 1.165) is 28.3 Å². The van der Waals surface area contributed by atoms with E-state index in [1.165, 1.54) is 6.33 Å². The number of nitrogens with zero attached hydrogens (tertiary/aromatic N) is 8. The summed E-state index contributed by atoms with van der Waals surface area (Å²) in [7, 11) is 3.77. The van der Waals surface area contributed by atoms with E-state index in [2.05, 4.69) is 20.2 Å². The molecule has 4 aromatic heterocycles. The highest BCUT2D eigenvalue weighted by Crippen LogP contribution is 2.22. The van der Waals surface area contributed by atoms with Gasteiger partial charge >= 0.3 is 0 Å². The van der Waals surface area contributed by atoms with E-state index >= 15 is 0 Å². The van der Waals surface area contributed by atoms with Crippen molar-refractivity contribution in [2.45, 2.75) is 6.54 Å². The van der Waals surface area contributed by atoms with Gasteiger partial charge in [-0.25, -0.2) is 20.3 Å². The molecule has 10 nitrogen and oxygen atoms in total. The normalized spacial score (nSPS) is 11.2. The fourth-order valence-corrected chi connectivity index (χ4v) is 2.72. The van der Waals surface area contributed by atoms with E-state index in [4.69, 9.17) is 10.8 Å². The van der Waals surface area contributed by atoms with Crippen molar-refractivity contribution < 1.29 is 5.32 Å². The topological polar surface area (TPSA) is 120 Å². The van der Waals surface area contributed by atoms with Crippen molar-refractivity contribution in [3.05, 3.63) is 48.8 Å². The molecule has 4 rings (SSSR count). The van der Waals surface area contributed by atoms with Gasteiger partial charge in [-0.2, -0.15) is 15.2 Å². The number of hydrogen-bond acceptors (Lipinski definition) is 7. The Labute approximate surface area is 149 Å². The van der Waals surface area contributed by atoms with Crippen LogP contribution in [0.15, 0.2) is 43.2 Å². The zero-order valence-corrected chi connectivity index (χ0v) is 14.5. The van der Waals surface area contributed by atoms with Crippen LogP contribution < -0.4 is 16.2 Å². The number of anilines is 1. The largest absolute Gasteiger partial charge is 0.296 e. The van der Waals surface area contributed by atoms with Crippen molar-refractivity contribution in [1.82, 2.24) is 34.3 Å².